The molecule has 0 bridgehead atoms. The molecule has 0 radical (unpaired) electrons. The standard InChI is InChI=1S/C32H46N4O5S/c1-30(2,3)36(29(41)23-16-42-17-35(23)28(40)22-9-11-25(37)33-22)27(39)21-8-7-19-18-6-10-24-32(5,15-13-26(38)34-24)20(18)12-14-31(19,21)4/h13,15,18-24H,6-12,14,16-17H2,1-5H3,(H,33,37)(H,34,38)/t18-,19-,20-,21+,22?,23?,24?,31-,32+/m0/s1. The highest BCUT2D eigenvalue weighted by atomic mass is 32.2. The summed E-state index contributed by atoms with van der Waals surface area (Å²) in [4.78, 5) is 69.1. The van der Waals surface area contributed by atoms with Crippen molar-refractivity contribution in [3.8, 4) is 0 Å². The Bertz CT molecular complexity index is 1230. The van der Waals surface area contributed by atoms with Gasteiger partial charge in [-0.3, -0.25) is 28.9 Å². The minimum absolute atomic E-state index is 0.00367. The molecule has 6 aliphatic rings. The van der Waals surface area contributed by atoms with Gasteiger partial charge in [0.2, 0.25) is 23.6 Å². The van der Waals surface area contributed by atoms with Gasteiger partial charge in [-0.1, -0.05) is 19.9 Å². The molecule has 6 rings (SSSR count). The maximum atomic E-state index is 14.6. The summed E-state index contributed by atoms with van der Waals surface area (Å²) in [5.74, 6) is 1.18. The second kappa shape index (κ2) is 10.4. The number of carbonyl (C=O) groups is 5. The van der Waals surface area contributed by atoms with E-state index in [1.165, 1.54) is 16.7 Å². The van der Waals surface area contributed by atoms with Crippen molar-refractivity contribution in [3.05, 3.63) is 12.2 Å². The lowest BCUT2D eigenvalue weighted by Crippen LogP contribution is -2.62. The average Bonchev–Trinajstić information content (AvgIpc) is 3.66. The van der Waals surface area contributed by atoms with Gasteiger partial charge in [-0.25, -0.2) is 0 Å². The van der Waals surface area contributed by atoms with Crippen molar-refractivity contribution in [1.82, 2.24) is 20.4 Å². The van der Waals surface area contributed by atoms with Gasteiger partial charge in [-0.05, 0) is 95.0 Å². The molecule has 42 heavy (non-hydrogen) atoms. The van der Waals surface area contributed by atoms with Crippen molar-refractivity contribution in [3.63, 3.8) is 0 Å². The predicted octanol–water partition coefficient (Wildman–Crippen LogP) is 3.23. The first-order valence-corrected chi connectivity index (χ1v) is 17.0. The maximum Gasteiger partial charge on any atom is 0.253 e. The molecule has 3 unspecified atom stereocenters. The van der Waals surface area contributed by atoms with E-state index in [4.69, 9.17) is 0 Å². The molecular weight excluding hydrogens is 552 g/mol. The highest BCUT2D eigenvalue weighted by molar-refractivity contribution is 7.99. The quantitative estimate of drug-likeness (QED) is 0.482. The maximum absolute atomic E-state index is 14.6. The fourth-order valence-electron chi connectivity index (χ4n) is 9.68. The third-order valence-corrected chi connectivity index (χ3v) is 12.9. The summed E-state index contributed by atoms with van der Waals surface area (Å²) >= 11 is 1.52. The normalized spacial score (nSPS) is 41.0. The molecule has 3 aliphatic heterocycles. The summed E-state index contributed by atoms with van der Waals surface area (Å²) in [5.41, 5.74) is -0.997. The number of thioether (sulfide) groups is 1. The summed E-state index contributed by atoms with van der Waals surface area (Å²) in [7, 11) is 0. The van der Waals surface area contributed by atoms with Gasteiger partial charge in [0, 0.05) is 35.1 Å². The van der Waals surface area contributed by atoms with E-state index in [2.05, 4.69) is 30.6 Å². The van der Waals surface area contributed by atoms with Gasteiger partial charge in [0.25, 0.3) is 5.91 Å². The third-order valence-electron chi connectivity index (χ3n) is 11.8. The minimum atomic E-state index is -0.736. The zero-order valence-corrected chi connectivity index (χ0v) is 26.4. The molecule has 9 nitrogen and oxygen atoms in total. The van der Waals surface area contributed by atoms with Crippen LogP contribution >= 0.6 is 11.8 Å². The molecule has 5 fully saturated rings. The Labute approximate surface area is 253 Å². The van der Waals surface area contributed by atoms with Gasteiger partial charge < -0.3 is 15.5 Å². The summed E-state index contributed by atoms with van der Waals surface area (Å²) < 4.78 is 0. The van der Waals surface area contributed by atoms with Crippen LogP contribution in [0.2, 0.25) is 0 Å². The fraction of sp³-hybridized carbons (Fsp3) is 0.781. The second-order valence-electron chi connectivity index (χ2n) is 15.1. The van der Waals surface area contributed by atoms with Gasteiger partial charge in [0.15, 0.2) is 0 Å². The Hall–Kier alpha value is -2.36. The zero-order chi connectivity index (χ0) is 30.2. The number of hydrogen-bond acceptors (Lipinski definition) is 6. The molecule has 2 saturated heterocycles. The minimum Gasteiger partial charge on any atom is -0.349 e. The SMILES string of the molecule is CC(C)(C)N(C(=O)C1CSCN1C(=O)C1CCC(=O)N1)C(=O)[C@H]1CC[C@H]2[C@@H]3CCC4NC(=O)C=C[C@]4(C)[C@H]3CC[C@]12C. The van der Waals surface area contributed by atoms with Crippen LogP contribution in [-0.2, 0) is 24.0 Å². The van der Waals surface area contributed by atoms with Crippen molar-refractivity contribution in [2.45, 2.75) is 110 Å². The average molecular weight is 599 g/mol. The van der Waals surface area contributed by atoms with Crippen molar-refractivity contribution in [1.29, 1.82) is 0 Å². The van der Waals surface area contributed by atoms with E-state index >= 15 is 0 Å². The number of nitrogens with zero attached hydrogens (tertiary/aromatic N) is 2. The number of imide groups is 1. The van der Waals surface area contributed by atoms with Gasteiger partial charge in [0.1, 0.15) is 12.1 Å². The molecule has 0 spiro atoms. The number of fused-ring (bicyclic) bond motifs is 5. The van der Waals surface area contributed by atoms with Gasteiger partial charge in [0.05, 0.1) is 5.88 Å². The molecule has 9 atom stereocenters. The van der Waals surface area contributed by atoms with Crippen molar-refractivity contribution >= 4 is 41.3 Å². The smallest absolute Gasteiger partial charge is 0.253 e. The Balaban J connectivity index is 1.23. The lowest BCUT2D eigenvalue weighted by molar-refractivity contribution is -0.162. The first-order valence-electron chi connectivity index (χ1n) is 15.8. The zero-order valence-electron chi connectivity index (χ0n) is 25.6. The number of amides is 5. The van der Waals surface area contributed by atoms with E-state index in [1.54, 1.807) is 11.0 Å². The first-order chi connectivity index (χ1) is 19.8. The third kappa shape index (κ3) is 4.61. The molecule has 0 aromatic carbocycles. The molecule has 10 heteroatoms. The Kier molecular flexibility index (Phi) is 7.34. The van der Waals surface area contributed by atoms with Crippen LogP contribution in [0, 0.1) is 34.5 Å². The molecule has 5 amide bonds. The molecule has 0 aromatic heterocycles. The summed E-state index contributed by atoms with van der Waals surface area (Å²) in [6.45, 7) is 10.3. The largest absolute Gasteiger partial charge is 0.349 e. The highest BCUT2D eigenvalue weighted by Gasteiger charge is 2.62. The van der Waals surface area contributed by atoms with Crippen molar-refractivity contribution in [2.75, 3.05) is 11.6 Å². The summed E-state index contributed by atoms with van der Waals surface area (Å²) in [6.07, 6.45) is 10.3. The van der Waals surface area contributed by atoms with Crippen molar-refractivity contribution in [2.24, 2.45) is 34.5 Å². The molecule has 3 saturated carbocycles. The van der Waals surface area contributed by atoms with E-state index in [0.29, 0.717) is 42.2 Å². The van der Waals surface area contributed by atoms with Crippen LogP contribution in [0.25, 0.3) is 0 Å². The summed E-state index contributed by atoms with van der Waals surface area (Å²) in [6, 6.07) is -1.15. The molecule has 0 aromatic rings. The summed E-state index contributed by atoms with van der Waals surface area (Å²) in [5, 5.41) is 5.96. The Morgan fingerprint density at radius 3 is 2.43 bits per heavy atom. The number of nitrogens with one attached hydrogen (secondary N) is 2. The van der Waals surface area contributed by atoms with Crippen LogP contribution in [0.5, 0.6) is 0 Å². The number of hydrogen-bond donors (Lipinski definition) is 2. The molecule has 3 heterocycles. The van der Waals surface area contributed by atoms with Gasteiger partial charge in [-0.15, -0.1) is 11.8 Å². The van der Waals surface area contributed by atoms with Crippen molar-refractivity contribution < 1.29 is 24.0 Å². The van der Waals surface area contributed by atoms with E-state index in [9.17, 15) is 24.0 Å². The topological polar surface area (TPSA) is 116 Å². The van der Waals surface area contributed by atoms with Crippen LogP contribution < -0.4 is 10.6 Å². The molecule has 2 N–H and O–H groups in total. The number of rotatable bonds is 3. The Morgan fingerprint density at radius 2 is 1.74 bits per heavy atom. The number of carbonyl (C=O) groups excluding carboxylic acids is 5. The molecule has 230 valence electrons. The second-order valence-corrected chi connectivity index (χ2v) is 16.1. The van der Waals surface area contributed by atoms with E-state index in [-0.39, 0.29) is 52.3 Å². The van der Waals surface area contributed by atoms with E-state index < -0.39 is 17.6 Å². The predicted molar refractivity (Wildman–Crippen MR) is 160 cm³/mol. The fourth-order valence-corrected chi connectivity index (χ4v) is 10.8. The lowest BCUT2D eigenvalue weighted by Gasteiger charge is -2.59. The van der Waals surface area contributed by atoms with Crippen LogP contribution in [-0.4, -0.2) is 74.6 Å². The Morgan fingerprint density at radius 1 is 0.976 bits per heavy atom. The van der Waals surface area contributed by atoms with Crippen LogP contribution in [0.3, 0.4) is 0 Å². The van der Waals surface area contributed by atoms with Gasteiger partial charge in [-0.2, -0.15) is 0 Å². The van der Waals surface area contributed by atoms with Gasteiger partial charge >= 0.3 is 0 Å². The van der Waals surface area contributed by atoms with Crippen LogP contribution in [0.1, 0.15) is 86.0 Å². The van der Waals surface area contributed by atoms with Crippen LogP contribution in [0.4, 0.5) is 0 Å². The molecule has 3 aliphatic carbocycles. The van der Waals surface area contributed by atoms with E-state index in [0.717, 1.165) is 38.5 Å². The lowest BCUT2D eigenvalue weighted by atomic mass is 9.48. The molecular formula is C32H46N4O5S. The van der Waals surface area contributed by atoms with Crippen LogP contribution in [0.15, 0.2) is 12.2 Å². The van der Waals surface area contributed by atoms with E-state index in [1.807, 2.05) is 20.8 Å². The highest BCUT2D eigenvalue weighted by Crippen LogP contribution is 2.65. The monoisotopic (exact) mass is 598 g/mol. The first kappa shape index (κ1) is 29.7.